The third-order valence-corrected chi connectivity index (χ3v) is 4.39. The summed E-state index contributed by atoms with van der Waals surface area (Å²) in [4.78, 5) is 21.6. The van der Waals surface area contributed by atoms with E-state index < -0.39 is 5.97 Å². The van der Waals surface area contributed by atoms with Gasteiger partial charge < -0.3 is 15.3 Å². The Labute approximate surface area is 149 Å². The molecule has 0 atom stereocenters. The molecule has 0 amide bonds. The molecule has 0 spiro atoms. The largest absolute Gasteiger partial charge is 0.481 e. The Balaban J connectivity index is 1.71. The van der Waals surface area contributed by atoms with Crippen molar-refractivity contribution in [1.82, 2.24) is 9.97 Å². The van der Waals surface area contributed by atoms with Crippen LogP contribution < -0.4 is 10.2 Å². The van der Waals surface area contributed by atoms with Crippen LogP contribution in [0.1, 0.15) is 12.8 Å². The molecular formula is C16H16Cl2N4O2. The SMILES string of the molecule is O=C(O)C1CCN(c2cc(Nc3cc(Cl)cc(Cl)c3)ncn2)CC1. The molecule has 8 heteroatoms. The maximum Gasteiger partial charge on any atom is 0.306 e. The van der Waals surface area contributed by atoms with Gasteiger partial charge in [0.25, 0.3) is 0 Å². The Kier molecular flexibility index (Phi) is 5.06. The molecule has 1 aliphatic rings. The molecule has 2 aromatic rings. The number of carboxylic acids is 1. The van der Waals surface area contributed by atoms with E-state index in [-0.39, 0.29) is 5.92 Å². The van der Waals surface area contributed by atoms with Gasteiger partial charge in [-0.3, -0.25) is 4.79 Å². The number of anilines is 3. The number of piperidine rings is 1. The van der Waals surface area contributed by atoms with E-state index in [0.717, 1.165) is 11.5 Å². The van der Waals surface area contributed by atoms with Gasteiger partial charge in [0.15, 0.2) is 0 Å². The van der Waals surface area contributed by atoms with Gasteiger partial charge in [-0.2, -0.15) is 0 Å². The minimum atomic E-state index is -0.725. The highest BCUT2D eigenvalue weighted by atomic mass is 35.5. The fraction of sp³-hybridized carbons (Fsp3) is 0.312. The van der Waals surface area contributed by atoms with Crippen molar-refractivity contribution in [2.24, 2.45) is 5.92 Å². The molecule has 0 saturated carbocycles. The zero-order valence-corrected chi connectivity index (χ0v) is 14.3. The third kappa shape index (κ3) is 4.07. The third-order valence-electron chi connectivity index (χ3n) is 3.96. The first-order valence-corrected chi connectivity index (χ1v) is 8.30. The summed E-state index contributed by atoms with van der Waals surface area (Å²) in [6.07, 6.45) is 2.71. The van der Waals surface area contributed by atoms with E-state index in [0.29, 0.717) is 41.8 Å². The van der Waals surface area contributed by atoms with Gasteiger partial charge in [0.1, 0.15) is 18.0 Å². The lowest BCUT2D eigenvalue weighted by Gasteiger charge is -2.31. The van der Waals surface area contributed by atoms with Crippen LogP contribution in [0.15, 0.2) is 30.6 Å². The molecule has 126 valence electrons. The van der Waals surface area contributed by atoms with E-state index in [2.05, 4.69) is 20.2 Å². The highest BCUT2D eigenvalue weighted by molar-refractivity contribution is 6.35. The van der Waals surface area contributed by atoms with E-state index in [9.17, 15) is 4.79 Å². The number of carbonyl (C=O) groups is 1. The molecule has 1 saturated heterocycles. The molecule has 1 fully saturated rings. The van der Waals surface area contributed by atoms with Gasteiger partial charge in [0.2, 0.25) is 0 Å². The maximum atomic E-state index is 11.0. The molecule has 0 bridgehead atoms. The number of benzene rings is 1. The Morgan fingerprint density at radius 1 is 1.12 bits per heavy atom. The Morgan fingerprint density at radius 3 is 2.42 bits per heavy atom. The standard InChI is InChI=1S/C16H16Cl2N4O2/c17-11-5-12(18)7-13(6-11)21-14-8-15(20-9-19-14)22-3-1-10(2-4-22)16(23)24/h5-10H,1-4H2,(H,23,24)(H,19,20,21). The predicted octanol–water partition coefficient (Wildman–Crippen LogP) is 3.83. The number of aromatic nitrogens is 2. The van der Waals surface area contributed by atoms with Crippen molar-refractivity contribution >= 4 is 46.5 Å². The van der Waals surface area contributed by atoms with Crippen molar-refractivity contribution in [3.63, 3.8) is 0 Å². The van der Waals surface area contributed by atoms with Gasteiger partial charge in [-0.1, -0.05) is 23.2 Å². The van der Waals surface area contributed by atoms with Crippen LogP contribution in [0.2, 0.25) is 10.0 Å². The second kappa shape index (κ2) is 7.23. The first-order chi connectivity index (χ1) is 11.5. The summed E-state index contributed by atoms with van der Waals surface area (Å²) in [5.41, 5.74) is 0.738. The molecule has 3 rings (SSSR count). The summed E-state index contributed by atoms with van der Waals surface area (Å²) < 4.78 is 0. The molecule has 0 unspecified atom stereocenters. The molecule has 2 N–H and O–H groups in total. The van der Waals surface area contributed by atoms with Gasteiger partial charge in [0.05, 0.1) is 5.92 Å². The van der Waals surface area contributed by atoms with E-state index in [1.165, 1.54) is 6.33 Å². The zero-order chi connectivity index (χ0) is 17.1. The van der Waals surface area contributed by atoms with Crippen LogP contribution in [-0.4, -0.2) is 34.1 Å². The van der Waals surface area contributed by atoms with Gasteiger partial charge in [-0.05, 0) is 31.0 Å². The maximum absolute atomic E-state index is 11.0. The Hall–Kier alpha value is -2.05. The minimum absolute atomic E-state index is 0.269. The summed E-state index contributed by atoms with van der Waals surface area (Å²) >= 11 is 12.0. The number of nitrogens with one attached hydrogen (secondary N) is 1. The average Bonchev–Trinajstić information content (AvgIpc) is 2.54. The fourth-order valence-corrected chi connectivity index (χ4v) is 3.24. The van der Waals surface area contributed by atoms with E-state index >= 15 is 0 Å². The summed E-state index contributed by atoms with van der Waals surface area (Å²) in [5, 5.41) is 13.3. The van der Waals surface area contributed by atoms with Gasteiger partial charge in [-0.25, -0.2) is 9.97 Å². The van der Waals surface area contributed by atoms with Crippen molar-refractivity contribution in [2.45, 2.75) is 12.8 Å². The molecule has 1 aromatic carbocycles. The molecule has 6 nitrogen and oxygen atoms in total. The minimum Gasteiger partial charge on any atom is -0.481 e. The van der Waals surface area contributed by atoms with E-state index in [4.69, 9.17) is 28.3 Å². The first-order valence-electron chi connectivity index (χ1n) is 7.54. The number of carboxylic acid groups (broad SMARTS) is 1. The number of rotatable bonds is 4. The van der Waals surface area contributed by atoms with Crippen LogP contribution in [0.3, 0.4) is 0 Å². The molecule has 1 aromatic heterocycles. The van der Waals surface area contributed by atoms with Crippen LogP contribution in [-0.2, 0) is 4.79 Å². The lowest BCUT2D eigenvalue weighted by molar-refractivity contribution is -0.142. The van der Waals surface area contributed by atoms with Crippen molar-refractivity contribution in [2.75, 3.05) is 23.3 Å². The van der Waals surface area contributed by atoms with Crippen LogP contribution in [0.5, 0.6) is 0 Å². The summed E-state index contributed by atoms with van der Waals surface area (Å²) in [6.45, 7) is 1.33. The highest BCUT2D eigenvalue weighted by Gasteiger charge is 2.25. The Morgan fingerprint density at radius 2 is 1.79 bits per heavy atom. The van der Waals surface area contributed by atoms with Gasteiger partial charge in [0, 0.05) is 34.9 Å². The first kappa shape index (κ1) is 16.8. The molecular weight excluding hydrogens is 351 g/mol. The predicted molar refractivity (Wildman–Crippen MR) is 94.3 cm³/mol. The average molecular weight is 367 g/mol. The topological polar surface area (TPSA) is 78.4 Å². The normalized spacial score (nSPS) is 15.3. The molecule has 24 heavy (non-hydrogen) atoms. The van der Waals surface area contributed by atoms with Crippen LogP contribution in [0, 0.1) is 5.92 Å². The smallest absolute Gasteiger partial charge is 0.306 e. The summed E-state index contributed by atoms with van der Waals surface area (Å²) in [5.74, 6) is 0.398. The van der Waals surface area contributed by atoms with Crippen LogP contribution >= 0.6 is 23.2 Å². The summed E-state index contributed by atoms with van der Waals surface area (Å²) in [7, 11) is 0. The highest BCUT2D eigenvalue weighted by Crippen LogP contribution is 2.27. The number of hydrogen-bond donors (Lipinski definition) is 2. The second-order valence-corrected chi connectivity index (χ2v) is 6.52. The van der Waals surface area contributed by atoms with Gasteiger partial charge >= 0.3 is 5.97 Å². The Bertz CT molecular complexity index is 728. The van der Waals surface area contributed by atoms with Crippen molar-refractivity contribution < 1.29 is 9.90 Å². The quantitative estimate of drug-likeness (QED) is 0.855. The number of hydrogen-bond acceptors (Lipinski definition) is 5. The molecule has 2 heterocycles. The number of nitrogens with zero attached hydrogens (tertiary/aromatic N) is 3. The lowest BCUT2D eigenvalue weighted by Crippen LogP contribution is -2.36. The van der Waals surface area contributed by atoms with Crippen LogP contribution in [0.4, 0.5) is 17.3 Å². The van der Waals surface area contributed by atoms with Crippen molar-refractivity contribution in [1.29, 1.82) is 0 Å². The van der Waals surface area contributed by atoms with E-state index in [1.54, 1.807) is 18.2 Å². The van der Waals surface area contributed by atoms with Gasteiger partial charge in [-0.15, -0.1) is 0 Å². The van der Waals surface area contributed by atoms with Crippen molar-refractivity contribution in [3.8, 4) is 0 Å². The fourth-order valence-electron chi connectivity index (χ4n) is 2.72. The molecule has 0 radical (unpaired) electrons. The van der Waals surface area contributed by atoms with Crippen molar-refractivity contribution in [3.05, 3.63) is 40.6 Å². The number of halogens is 2. The van der Waals surface area contributed by atoms with Crippen LogP contribution in [0.25, 0.3) is 0 Å². The molecule has 0 aliphatic carbocycles. The molecule has 1 aliphatic heterocycles. The lowest BCUT2D eigenvalue weighted by atomic mass is 9.97. The summed E-state index contributed by atoms with van der Waals surface area (Å²) in [6, 6.07) is 7.00. The zero-order valence-electron chi connectivity index (χ0n) is 12.7. The monoisotopic (exact) mass is 366 g/mol. The van der Waals surface area contributed by atoms with E-state index in [1.807, 2.05) is 6.07 Å². The second-order valence-electron chi connectivity index (χ2n) is 5.64. The number of aliphatic carboxylic acids is 1.